The topological polar surface area (TPSA) is 76.9 Å². The van der Waals surface area contributed by atoms with Crippen LogP contribution in [-0.2, 0) is 0 Å². The molecule has 0 saturated carbocycles. The molecule has 0 atom stereocenters. The van der Waals surface area contributed by atoms with E-state index in [-0.39, 0.29) is 5.96 Å². The Hall–Kier alpha value is -2.54. The van der Waals surface area contributed by atoms with Gasteiger partial charge in [-0.25, -0.2) is 4.90 Å². The minimum Gasteiger partial charge on any atom is -0.369 e. The van der Waals surface area contributed by atoms with Gasteiger partial charge in [-0.3, -0.25) is 5.41 Å². The van der Waals surface area contributed by atoms with E-state index < -0.39 is 0 Å². The number of anilines is 1. The molecule has 3 N–H and O–H groups in total. The first-order valence-corrected chi connectivity index (χ1v) is 4.75. The summed E-state index contributed by atoms with van der Waals surface area (Å²) in [5.41, 5.74) is 5.99. The number of nitrogens with two attached hydrogens (primary N) is 1. The van der Waals surface area contributed by atoms with Crippen LogP contribution in [0.3, 0.4) is 0 Å². The van der Waals surface area contributed by atoms with Gasteiger partial charge in [0.1, 0.15) is 0 Å². The second-order valence-corrected chi connectivity index (χ2v) is 3.32. The normalized spacial score (nSPS) is 9.69. The molecule has 0 amide bonds. The Bertz CT molecular complexity index is 578. The summed E-state index contributed by atoms with van der Waals surface area (Å²) in [7, 11) is 0. The summed E-state index contributed by atoms with van der Waals surface area (Å²) in [6.07, 6.45) is 1.89. The third kappa shape index (κ3) is 1.55. The average Bonchev–Trinajstić information content (AvgIpc) is 2.30. The van der Waals surface area contributed by atoms with Gasteiger partial charge < -0.3 is 5.73 Å². The lowest BCUT2D eigenvalue weighted by Crippen LogP contribution is -2.32. The second kappa shape index (κ2) is 3.91. The van der Waals surface area contributed by atoms with Crippen molar-refractivity contribution in [3.63, 3.8) is 0 Å². The van der Waals surface area contributed by atoms with E-state index in [1.807, 2.05) is 42.6 Å². The molecule has 0 heterocycles. The quantitative estimate of drug-likeness (QED) is 0.327. The summed E-state index contributed by atoms with van der Waals surface area (Å²) >= 11 is 0. The number of nitriles is 1. The number of guanidine groups is 1. The molecule has 0 unspecified atom stereocenters. The molecule has 0 saturated heterocycles. The highest BCUT2D eigenvalue weighted by Gasteiger charge is 2.11. The lowest BCUT2D eigenvalue weighted by molar-refractivity contribution is 1.26. The monoisotopic (exact) mass is 210 g/mol. The van der Waals surface area contributed by atoms with E-state index >= 15 is 0 Å². The molecular formula is C12H10N4. The molecule has 4 nitrogen and oxygen atoms in total. The van der Waals surface area contributed by atoms with Gasteiger partial charge in [0.25, 0.3) is 0 Å². The van der Waals surface area contributed by atoms with Crippen LogP contribution in [0.15, 0.2) is 42.5 Å². The fraction of sp³-hybridized carbons (Fsp3) is 0. The van der Waals surface area contributed by atoms with Crippen LogP contribution in [0.1, 0.15) is 0 Å². The van der Waals surface area contributed by atoms with Gasteiger partial charge in [-0.15, -0.1) is 0 Å². The summed E-state index contributed by atoms with van der Waals surface area (Å²) < 4.78 is 0. The fourth-order valence-corrected chi connectivity index (χ4v) is 1.64. The summed E-state index contributed by atoms with van der Waals surface area (Å²) in [5.74, 6) is -0.279. The summed E-state index contributed by atoms with van der Waals surface area (Å²) in [6.45, 7) is 0. The van der Waals surface area contributed by atoms with Crippen LogP contribution in [0.4, 0.5) is 5.69 Å². The molecule has 0 aliphatic carbocycles. The molecule has 0 aliphatic rings. The molecule has 78 valence electrons. The van der Waals surface area contributed by atoms with Crippen molar-refractivity contribution in [1.82, 2.24) is 0 Å². The Labute approximate surface area is 93.0 Å². The van der Waals surface area contributed by atoms with Gasteiger partial charge in [-0.05, 0) is 11.5 Å². The zero-order chi connectivity index (χ0) is 11.5. The number of benzene rings is 2. The Morgan fingerprint density at radius 2 is 1.88 bits per heavy atom. The molecule has 0 bridgehead atoms. The number of nitrogens with zero attached hydrogens (tertiary/aromatic N) is 2. The molecule has 0 fully saturated rings. The van der Waals surface area contributed by atoms with E-state index in [4.69, 9.17) is 16.4 Å². The van der Waals surface area contributed by atoms with Crippen LogP contribution in [0.5, 0.6) is 0 Å². The van der Waals surface area contributed by atoms with Gasteiger partial charge in [0.15, 0.2) is 6.19 Å². The predicted octanol–water partition coefficient (Wildman–Crippen LogP) is 2.02. The summed E-state index contributed by atoms with van der Waals surface area (Å²) in [4.78, 5) is 1.10. The molecule has 0 radical (unpaired) electrons. The standard InChI is InChI=1S/C12H10N4/c13-8-16(12(14)15)11-7-3-5-9-4-1-2-6-10(9)11/h1-7H,(H3,14,15). The van der Waals surface area contributed by atoms with E-state index in [0.717, 1.165) is 15.7 Å². The third-order valence-corrected chi connectivity index (χ3v) is 2.35. The van der Waals surface area contributed by atoms with Gasteiger partial charge >= 0.3 is 0 Å². The van der Waals surface area contributed by atoms with Crippen molar-refractivity contribution in [2.24, 2.45) is 5.73 Å². The smallest absolute Gasteiger partial charge is 0.206 e. The molecule has 4 heteroatoms. The maximum Gasteiger partial charge on any atom is 0.206 e. The summed E-state index contributed by atoms with van der Waals surface area (Å²) in [5, 5.41) is 18.2. The van der Waals surface area contributed by atoms with Crippen molar-refractivity contribution in [3.05, 3.63) is 42.5 Å². The number of hydrogen-bond acceptors (Lipinski definition) is 2. The minimum atomic E-state index is -0.279. The van der Waals surface area contributed by atoms with Crippen molar-refractivity contribution in [3.8, 4) is 6.19 Å². The zero-order valence-electron chi connectivity index (χ0n) is 8.51. The first-order valence-electron chi connectivity index (χ1n) is 4.75. The summed E-state index contributed by atoms with van der Waals surface area (Å²) in [6, 6.07) is 13.2. The Kier molecular flexibility index (Phi) is 2.44. The highest BCUT2D eigenvalue weighted by Crippen LogP contribution is 2.25. The van der Waals surface area contributed by atoms with Crippen LogP contribution in [0.2, 0.25) is 0 Å². The molecular weight excluding hydrogens is 200 g/mol. The van der Waals surface area contributed by atoms with E-state index in [0.29, 0.717) is 5.69 Å². The highest BCUT2D eigenvalue weighted by molar-refractivity contribution is 6.04. The van der Waals surface area contributed by atoms with Gasteiger partial charge in [-0.1, -0.05) is 36.4 Å². The van der Waals surface area contributed by atoms with Crippen LogP contribution in [0, 0.1) is 16.9 Å². The van der Waals surface area contributed by atoms with Gasteiger partial charge in [0.05, 0.1) is 5.69 Å². The Morgan fingerprint density at radius 3 is 2.56 bits per heavy atom. The van der Waals surface area contributed by atoms with E-state index in [9.17, 15) is 0 Å². The molecule has 0 spiro atoms. The van der Waals surface area contributed by atoms with E-state index in [1.165, 1.54) is 0 Å². The highest BCUT2D eigenvalue weighted by atomic mass is 15.2. The van der Waals surface area contributed by atoms with Crippen molar-refractivity contribution in [2.75, 3.05) is 4.90 Å². The molecule has 2 rings (SSSR count). The number of hydrogen-bond donors (Lipinski definition) is 2. The van der Waals surface area contributed by atoms with Crippen LogP contribution in [-0.4, -0.2) is 5.96 Å². The van der Waals surface area contributed by atoms with Crippen molar-refractivity contribution in [1.29, 1.82) is 10.7 Å². The van der Waals surface area contributed by atoms with E-state index in [2.05, 4.69) is 0 Å². The second-order valence-electron chi connectivity index (χ2n) is 3.32. The number of fused-ring (bicyclic) bond motifs is 1. The molecule has 0 aliphatic heterocycles. The van der Waals surface area contributed by atoms with Crippen molar-refractivity contribution >= 4 is 22.4 Å². The van der Waals surface area contributed by atoms with Crippen LogP contribution in [0.25, 0.3) is 10.8 Å². The van der Waals surface area contributed by atoms with Crippen molar-refractivity contribution in [2.45, 2.75) is 0 Å². The first-order chi connectivity index (χ1) is 7.74. The molecule has 16 heavy (non-hydrogen) atoms. The predicted molar refractivity (Wildman–Crippen MR) is 64.0 cm³/mol. The zero-order valence-corrected chi connectivity index (χ0v) is 8.51. The van der Waals surface area contributed by atoms with Gasteiger partial charge in [0.2, 0.25) is 5.96 Å². The molecule has 0 aromatic heterocycles. The average molecular weight is 210 g/mol. The maximum atomic E-state index is 8.96. The lowest BCUT2D eigenvalue weighted by atomic mass is 10.1. The van der Waals surface area contributed by atoms with Gasteiger partial charge in [-0.2, -0.15) is 5.26 Å². The van der Waals surface area contributed by atoms with Crippen LogP contribution < -0.4 is 10.6 Å². The fourth-order valence-electron chi connectivity index (χ4n) is 1.64. The number of rotatable bonds is 1. The minimum absolute atomic E-state index is 0.279. The van der Waals surface area contributed by atoms with Gasteiger partial charge in [0, 0.05) is 5.39 Å². The molecule has 2 aromatic rings. The Morgan fingerprint density at radius 1 is 1.19 bits per heavy atom. The first kappa shape index (κ1) is 9.99. The largest absolute Gasteiger partial charge is 0.369 e. The third-order valence-electron chi connectivity index (χ3n) is 2.35. The lowest BCUT2D eigenvalue weighted by Gasteiger charge is -2.15. The maximum absolute atomic E-state index is 8.96. The van der Waals surface area contributed by atoms with E-state index in [1.54, 1.807) is 6.07 Å². The number of nitrogens with one attached hydrogen (secondary N) is 1. The Balaban J connectivity index is 2.69. The van der Waals surface area contributed by atoms with Crippen LogP contribution >= 0.6 is 0 Å². The SMILES string of the molecule is N#CN(C(=N)N)c1cccc2ccccc12. The van der Waals surface area contributed by atoms with Crippen molar-refractivity contribution < 1.29 is 0 Å². The molecule has 2 aromatic carbocycles.